The molecule has 0 saturated carbocycles. The van der Waals surface area contributed by atoms with E-state index in [1.165, 1.54) is 11.1 Å². The molecule has 1 heterocycles. The molecule has 0 radical (unpaired) electrons. The third-order valence-corrected chi connectivity index (χ3v) is 6.19. The summed E-state index contributed by atoms with van der Waals surface area (Å²) in [5, 5.41) is 23.6. The number of benzene rings is 2. The van der Waals surface area contributed by atoms with Crippen LogP contribution in [-0.2, 0) is 4.74 Å². The molecule has 7 heteroatoms. The van der Waals surface area contributed by atoms with Crippen LogP contribution in [0.1, 0.15) is 46.4 Å². The van der Waals surface area contributed by atoms with E-state index in [9.17, 15) is 15.0 Å². The lowest BCUT2D eigenvalue weighted by Gasteiger charge is -2.22. The van der Waals surface area contributed by atoms with E-state index in [-0.39, 0.29) is 25.5 Å². The number of pyridine rings is 1. The van der Waals surface area contributed by atoms with Gasteiger partial charge in [0.2, 0.25) is 0 Å². The van der Waals surface area contributed by atoms with E-state index < -0.39 is 18.3 Å². The summed E-state index contributed by atoms with van der Waals surface area (Å²) in [5.74, 6) is 0.354. The first kappa shape index (κ1) is 22.8. The van der Waals surface area contributed by atoms with Crippen LogP contribution in [0.5, 0.6) is 0 Å². The third-order valence-electron chi connectivity index (χ3n) is 6.19. The maximum atomic E-state index is 12.3. The molecular weight excluding hydrogens is 418 g/mol. The number of aryl methyl sites for hydroxylation is 2. The smallest absolute Gasteiger partial charge is 0.407 e. The second kappa shape index (κ2) is 9.60. The van der Waals surface area contributed by atoms with Crippen molar-refractivity contribution in [2.24, 2.45) is 0 Å². The highest BCUT2D eigenvalue weighted by Gasteiger charge is 2.29. The van der Waals surface area contributed by atoms with Gasteiger partial charge in [0.25, 0.3) is 0 Å². The maximum Gasteiger partial charge on any atom is 0.407 e. The number of fused-ring (bicyclic) bond motifs is 3. The molecule has 172 valence electrons. The molecule has 0 aliphatic heterocycles. The Morgan fingerprint density at radius 3 is 2.30 bits per heavy atom. The van der Waals surface area contributed by atoms with Crippen molar-refractivity contribution in [2.45, 2.75) is 38.4 Å². The van der Waals surface area contributed by atoms with Crippen LogP contribution in [0.25, 0.3) is 11.1 Å². The first-order chi connectivity index (χ1) is 15.9. The number of aliphatic hydroxyl groups is 2. The number of nitrogen functional groups attached to an aromatic ring is 1. The van der Waals surface area contributed by atoms with Crippen LogP contribution < -0.4 is 11.1 Å². The number of amides is 1. The van der Waals surface area contributed by atoms with E-state index in [0.717, 1.165) is 16.7 Å². The maximum absolute atomic E-state index is 12.3. The number of anilines is 1. The summed E-state index contributed by atoms with van der Waals surface area (Å²) in [6.07, 6.45) is -2.58. The van der Waals surface area contributed by atoms with Gasteiger partial charge in [-0.3, -0.25) is 0 Å². The average molecular weight is 448 g/mol. The normalized spacial score (nSPS) is 14.3. The predicted molar refractivity (Wildman–Crippen MR) is 127 cm³/mol. The number of alkyl carbamates (subject to hydrolysis) is 1. The first-order valence-electron chi connectivity index (χ1n) is 11.1. The fourth-order valence-electron chi connectivity index (χ4n) is 4.64. The van der Waals surface area contributed by atoms with Crippen LogP contribution in [0.4, 0.5) is 10.6 Å². The summed E-state index contributed by atoms with van der Waals surface area (Å²) >= 11 is 0. The number of nitrogens with one attached hydrogen (secondary N) is 1. The van der Waals surface area contributed by atoms with Crippen LogP contribution in [-0.4, -0.2) is 40.5 Å². The Morgan fingerprint density at radius 2 is 1.70 bits per heavy atom. The van der Waals surface area contributed by atoms with Crippen molar-refractivity contribution in [3.63, 3.8) is 0 Å². The Labute approximate surface area is 193 Å². The molecule has 2 unspecified atom stereocenters. The number of aromatic nitrogens is 1. The molecule has 1 aliphatic carbocycles. The molecule has 0 saturated heterocycles. The summed E-state index contributed by atoms with van der Waals surface area (Å²) < 4.78 is 5.50. The van der Waals surface area contributed by atoms with Gasteiger partial charge in [-0.05, 0) is 54.2 Å². The van der Waals surface area contributed by atoms with Gasteiger partial charge in [0.15, 0.2) is 0 Å². The quantitative estimate of drug-likeness (QED) is 0.440. The molecule has 1 aromatic heterocycles. The number of hydrogen-bond acceptors (Lipinski definition) is 6. The van der Waals surface area contributed by atoms with Crippen LogP contribution in [0.15, 0.2) is 54.6 Å². The topological polar surface area (TPSA) is 118 Å². The fraction of sp³-hybridized carbons (Fsp3) is 0.308. The zero-order chi connectivity index (χ0) is 23.5. The standard InChI is InChI=1S/C26H29N3O4/c1-15-13-23(27)29-16(2)24(15)25(31)22(30)11-12-28-26(32)33-14-21-19-9-5-3-7-17(19)18-8-4-6-10-20(18)21/h3-10,13,21-22,25,30-31H,11-12,14H2,1-2H3,(H2,27,29)(H,28,32). The van der Waals surface area contributed by atoms with Gasteiger partial charge in [0.05, 0.1) is 6.10 Å². The molecule has 4 rings (SSSR count). The Bertz CT molecular complexity index is 1100. The molecule has 2 aromatic carbocycles. The van der Waals surface area contributed by atoms with Gasteiger partial charge >= 0.3 is 6.09 Å². The second-order valence-corrected chi connectivity index (χ2v) is 8.42. The van der Waals surface area contributed by atoms with Gasteiger partial charge in [-0.15, -0.1) is 0 Å². The van der Waals surface area contributed by atoms with Crippen molar-refractivity contribution in [1.29, 1.82) is 0 Å². The molecule has 2 atom stereocenters. The van der Waals surface area contributed by atoms with Crippen molar-refractivity contribution >= 4 is 11.9 Å². The second-order valence-electron chi connectivity index (χ2n) is 8.42. The van der Waals surface area contributed by atoms with Gasteiger partial charge in [0, 0.05) is 23.7 Å². The Morgan fingerprint density at radius 1 is 1.09 bits per heavy atom. The number of nitrogens with zero attached hydrogens (tertiary/aromatic N) is 1. The molecule has 33 heavy (non-hydrogen) atoms. The lowest BCUT2D eigenvalue weighted by molar-refractivity contribution is 0.0127. The lowest BCUT2D eigenvalue weighted by Crippen LogP contribution is -2.31. The van der Waals surface area contributed by atoms with Crippen LogP contribution >= 0.6 is 0 Å². The van der Waals surface area contributed by atoms with E-state index in [4.69, 9.17) is 10.5 Å². The van der Waals surface area contributed by atoms with Gasteiger partial charge in [-0.25, -0.2) is 9.78 Å². The van der Waals surface area contributed by atoms with Crippen molar-refractivity contribution in [1.82, 2.24) is 10.3 Å². The summed E-state index contributed by atoms with van der Waals surface area (Å²) in [4.78, 5) is 16.4. The van der Waals surface area contributed by atoms with E-state index in [0.29, 0.717) is 17.1 Å². The van der Waals surface area contributed by atoms with Crippen molar-refractivity contribution in [3.8, 4) is 11.1 Å². The van der Waals surface area contributed by atoms with Crippen LogP contribution in [0.3, 0.4) is 0 Å². The number of hydrogen-bond donors (Lipinski definition) is 4. The summed E-state index contributed by atoms with van der Waals surface area (Å²) in [7, 11) is 0. The van der Waals surface area contributed by atoms with Gasteiger partial charge in [-0.2, -0.15) is 0 Å². The van der Waals surface area contributed by atoms with Gasteiger partial charge < -0.3 is 26.0 Å². The first-order valence-corrected chi connectivity index (χ1v) is 11.1. The number of carbonyl (C=O) groups is 1. The van der Waals surface area contributed by atoms with E-state index >= 15 is 0 Å². The molecule has 0 bridgehead atoms. The molecule has 7 nitrogen and oxygen atoms in total. The summed E-state index contributed by atoms with van der Waals surface area (Å²) in [5.41, 5.74) is 12.2. The van der Waals surface area contributed by atoms with Crippen molar-refractivity contribution < 1.29 is 19.7 Å². The summed E-state index contributed by atoms with van der Waals surface area (Å²) in [6.45, 7) is 3.94. The zero-order valence-corrected chi connectivity index (χ0v) is 18.8. The van der Waals surface area contributed by atoms with Crippen LogP contribution in [0, 0.1) is 13.8 Å². The van der Waals surface area contributed by atoms with Crippen molar-refractivity contribution in [3.05, 3.63) is 82.5 Å². The van der Waals surface area contributed by atoms with Crippen molar-refractivity contribution in [2.75, 3.05) is 18.9 Å². The molecule has 3 aromatic rings. The fourth-order valence-corrected chi connectivity index (χ4v) is 4.64. The number of nitrogens with two attached hydrogens (primary N) is 1. The Hall–Kier alpha value is -3.42. The molecule has 5 N–H and O–H groups in total. The van der Waals surface area contributed by atoms with E-state index in [1.807, 2.05) is 31.2 Å². The Kier molecular flexibility index (Phi) is 6.62. The number of carbonyl (C=O) groups excluding carboxylic acids is 1. The SMILES string of the molecule is Cc1cc(N)nc(C)c1C(O)C(O)CCNC(=O)OCC1c2ccccc2-c2ccccc21. The molecule has 0 spiro atoms. The highest BCUT2D eigenvalue weighted by Crippen LogP contribution is 2.44. The lowest BCUT2D eigenvalue weighted by atomic mass is 9.96. The predicted octanol–water partition coefficient (Wildman–Crippen LogP) is 3.60. The Balaban J connectivity index is 1.30. The zero-order valence-electron chi connectivity index (χ0n) is 18.8. The largest absolute Gasteiger partial charge is 0.449 e. The van der Waals surface area contributed by atoms with Gasteiger partial charge in [-0.1, -0.05) is 48.5 Å². The summed E-state index contributed by atoms with van der Waals surface area (Å²) in [6, 6.07) is 18.0. The number of aliphatic hydroxyl groups excluding tert-OH is 2. The van der Waals surface area contributed by atoms with Gasteiger partial charge in [0.1, 0.15) is 18.5 Å². The number of ether oxygens (including phenoxy) is 1. The molecule has 1 aliphatic rings. The molecule has 0 fully saturated rings. The minimum absolute atomic E-state index is 0.0143. The molecule has 1 amide bonds. The minimum atomic E-state index is -1.12. The number of rotatable bonds is 7. The average Bonchev–Trinajstić information content (AvgIpc) is 3.10. The van der Waals surface area contributed by atoms with E-state index in [1.54, 1.807) is 13.0 Å². The molecular formula is C26H29N3O4. The monoisotopic (exact) mass is 447 g/mol. The highest BCUT2D eigenvalue weighted by atomic mass is 16.5. The van der Waals surface area contributed by atoms with Crippen LogP contribution in [0.2, 0.25) is 0 Å². The minimum Gasteiger partial charge on any atom is -0.449 e. The third kappa shape index (κ3) is 4.69. The van der Waals surface area contributed by atoms with E-state index in [2.05, 4.69) is 34.6 Å². The highest BCUT2D eigenvalue weighted by molar-refractivity contribution is 5.79.